The summed E-state index contributed by atoms with van der Waals surface area (Å²) in [5.41, 5.74) is 0.847. The molecule has 0 radical (unpaired) electrons. The van der Waals surface area contributed by atoms with Crippen molar-refractivity contribution in [2.45, 2.75) is 13.0 Å². The van der Waals surface area contributed by atoms with E-state index in [0.29, 0.717) is 5.56 Å². The smallest absolute Gasteiger partial charge is 0.340 e. The maximum atomic E-state index is 11.3. The minimum absolute atomic E-state index is 0.0110. The van der Waals surface area contributed by atoms with Crippen molar-refractivity contribution in [3.05, 3.63) is 34.9 Å². The van der Waals surface area contributed by atoms with Crippen LogP contribution in [0.4, 0.5) is 0 Å². The molecule has 14 heavy (non-hydrogen) atoms. The molecule has 1 aromatic carbocycles. The van der Waals surface area contributed by atoms with Gasteiger partial charge in [0.25, 0.3) is 0 Å². The fourth-order valence-electron chi connectivity index (χ4n) is 1.60. The molecule has 1 unspecified atom stereocenters. The summed E-state index contributed by atoms with van der Waals surface area (Å²) in [6, 6.07) is 4.72. The van der Waals surface area contributed by atoms with Crippen LogP contribution in [-0.4, -0.2) is 17.0 Å². The summed E-state index contributed by atoms with van der Waals surface area (Å²) in [6.45, 7) is 1.72. The van der Waals surface area contributed by atoms with Gasteiger partial charge in [0.2, 0.25) is 0 Å². The summed E-state index contributed by atoms with van der Waals surface area (Å²) in [5.74, 6) is -1.65. The first-order valence-corrected chi connectivity index (χ1v) is 4.18. The van der Waals surface area contributed by atoms with Gasteiger partial charge < -0.3 is 9.84 Å². The van der Waals surface area contributed by atoms with Crippen molar-refractivity contribution >= 4 is 11.9 Å². The summed E-state index contributed by atoms with van der Waals surface area (Å²) in [6.07, 6.45) is -0.350. The largest absolute Gasteiger partial charge is 0.478 e. The fraction of sp³-hybridized carbons (Fsp3) is 0.200. The molecule has 0 aliphatic carbocycles. The number of carbonyl (C=O) groups excluding carboxylic acids is 1. The number of fused-ring (bicyclic) bond motifs is 1. The third kappa shape index (κ3) is 1.08. The fourth-order valence-corrected chi connectivity index (χ4v) is 1.60. The zero-order chi connectivity index (χ0) is 10.3. The Morgan fingerprint density at radius 3 is 2.86 bits per heavy atom. The lowest BCUT2D eigenvalue weighted by Crippen LogP contribution is -2.05. The molecule has 1 heterocycles. The molecule has 0 spiro atoms. The van der Waals surface area contributed by atoms with E-state index in [2.05, 4.69) is 0 Å². The molecule has 1 N–H and O–H groups in total. The molecule has 0 fully saturated rings. The summed E-state index contributed by atoms with van der Waals surface area (Å²) < 4.78 is 4.92. The van der Waals surface area contributed by atoms with E-state index >= 15 is 0 Å². The van der Waals surface area contributed by atoms with Gasteiger partial charge in [-0.1, -0.05) is 12.1 Å². The molecular formula is C10H8O4. The highest BCUT2D eigenvalue weighted by atomic mass is 16.5. The predicted octanol–water partition coefficient (Wildman–Crippen LogP) is 1.62. The second-order valence-electron chi connectivity index (χ2n) is 3.12. The zero-order valence-corrected chi connectivity index (χ0v) is 7.48. The molecular weight excluding hydrogens is 184 g/mol. The molecule has 72 valence electrons. The summed E-state index contributed by atoms with van der Waals surface area (Å²) >= 11 is 0. The number of cyclic esters (lactones) is 1. The van der Waals surface area contributed by atoms with Gasteiger partial charge in [-0.2, -0.15) is 0 Å². The molecule has 1 aliphatic rings. The van der Waals surface area contributed by atoms with E-state index in [1.54, 1.807) is 19.1 Å². The molecule has 0 aromatic heterocycles. The molecule has 4 heteroatoms. The van der Waals surface area contributed by atoms with E-state index in [1.807, 2.05) is 0 Å². The number of rotatable bonds is 1. The highest BCUT2D eigenvalue weighted by Gasteiger charge is 2.31. The van der Waals surface area contributed by atoms with E-state index in [-0.39, 0.29) is 17.2 Å². The topological polar surface area (TPSA) is 63.6 Å². The Morgan fingerprint density at radius 1 is 1.50 bits per heavy atom. The lowest BCUT2D eigenvalue weighted by Gasteiger charge is -2.01. The average Bonchev–Trinajstić information content (AvgIpc) is 2.43. The predicted molar refractivity (Wildman–Crippen MR) is 47.2 cm³/mol. The first-order chi connectivity index (χ1) is 6.61. The molecule has 0 bridgehead atoms. The Bertz CT molecular complexity index is 422. The number of carboxylic acid groups (broad SMARTS) is 1. The second-order valence-corrected chi connectivity index (χ2v) is 3.12. The van der Waals surface area contributed by atoms with Crippen LogP contribution in [0.3, 0.4) is 0 Å². The molecule has 1 atom stereocenters. The molecule has 1 aromatic rings. The van der Waals surface area contributed by atoms with Crippen molar-refractivity contribution in [3.63, 3.8) is 0 Å². The minimum Gasteiger partial charge on any atom is -0.478 e. The van der Waals surface area contributed by atoms with Crippen LogP contribution in [0.5, 0.6) is 0 Å². The van der Waals surface area contributed by atoms with Gasteiger partial charge in [-0.05, 0) is 13.0 Å². The number of carboxylic acids is 1. The molecule has 0 saturated carbocycles. The Morgan fingerprint density at radius 2 is 2.21 bits per heavy atom. The third-order valence-electron chi connectivity index (χ3n) is 2.25. The van der Waals surface area contributed by atoms with Crippen molar-refractivity contribution in [1.29, 1.82) is 0 Å². The summed E-state index contributed by atoms with van der Waals surface area (Å²) in [5, 5.41) is 8.85. The summed E-state index contributed by atoms with van der Waals surface area (Å²) in [7, 11) is 0. The first kappa shape index (κ1) is 8.74. The van der Waals surface area contributed by atoms with Crippen LogP contribution in [-0.2, 0) is 4.74 Å². The van der Waals surface area contributed by atoms with Crippen LogP contribution in [0.15, 0.2) is 18.2 Å². The van der Waals surface area contributed by atoms with Gasteiger partial charge in [0.1, 0.15) is 6.10 Å². The maximum Gasteiger partial charge on any atom is 0.340 e. The molecule has 0 amide bonds. The molecule has 2 rings (SSSR count). The highest BCUT2D eigenvalue weighted by Crippen LogP contribution is 2.32. The zero-order valence-electron chi connectivity index (χ0n) is 7.48. The third-order valence-corrected chi connectivity index (χ3v) is 2.25. The normalized spacial score (nSPS) is 18.9. The quantitative estimate of drug-likeness (QED) is 0.686. The van der Waals surface area contributed by atoms with Gasteiger partial charge >= 0.3 is 11.9 Å². The highest BCUT2D eigenvalue weighted by molar-refractivity contribution is 6.05. The van der Waals surface area contributed by atoms with Gasteiger partial charge in [0, 0.05) is 5.56 Å². The number of hydrogen-bond donors (Lipinski definition) is 1. The van der Waals surface area contributed by atoms with Crippen molar-refractivity contribution < 1.29 is 19.4 Å². The van der Waals surface area contributed by atoms with E-state index in [0.717, 1.165) is 0 Å². The Kier molecular flexibility index (Phi) is 1.77. The van der Waals surface area contributed by atoms with Crippen LogP contribution in [0, 0.1) is 0 Å². The van der Waals surface area contributed by atoms with E-state index in [1.165, 1.54) is 6.07 Å². The van der Waals surface area contributed by atoms with Crippen LogP contribution in [0.2, 0.25) is 0 Å². The van der Waals surface area contributed by atoms with Crippen molar-refractivity contribution in [3.8, 4) is 0 Å². The number of hydrogen-bond acceptors (Lipinski definition) is 3. The second kappa shape index (κ2) is 2.83. The molecule has 4 nitrogen and oxygen atoms in total. The number of esters is 1. The van der Waals surface area contributed by atoms with Crippen molar-refractivity contribution in [1.82, 2.24) is 0 Å². The Labute approximate surface area is 80.1 Å². The van der Waals surface area contributed by atoms with Crippen LogP contribution < -0.4 is 0 Å². The van der Waals surface area contributed by atoms with Crippen LogP contribution in [0.1, 0.15) is 39.3 Å². The summed E-state index contributed by atoms with van der Waals surface area (Å²) in [4.78, 5) is 22.1. The van der Waals surface area contributed by atoms with Gasteiger partial charge in [-0.25, -0.2) is 9.59 Å². The van der Waals surface area contributed by atoms with Crippen molar-refractivity contribution in [2.24, 2.45) is 0 Å². The number of aromatic carboxylic acids is 1. The lowest BCUT2D eigenvalue weighted by atomic mass is 10.0. The Balaban J connectivity index is 2.68. The van der Waals surface area contributed by atoms with Gasteiger partial charge in [0.05, 0.1) is 11.1 Å². The molecule has 1 aliphatic heterocycles. The van der Waals surface area contributed by atoms with Crippen molar-refractivity contribution in [2.75, 3.05) is 0 Å². The minimum atomic E-state index is -1.10. The molecule has 0 saturated heterocycles. The van der Waals surface area contributed by atoms with E-state index in [4.69, 9.17) is 9.84 Å². The monoisotopic (exact) mass is 192 g/mol. The van der Waals surface area contributed by atoms with Gasteiger partial charge in [-0.15, -0.1) is 0 Å². The average molecular weight is 192 g/mol. The van der Waals surface area contributed by atoms with Crippen LogP contribution >= 0.6 is 0 Å². The van der Waals surface area contributed by atoms with E-state index in [9.17, 15) is 9.59 Å². The van der Waals surface area contributed by atoms with E-state index < -0.39 is 11.9 Å². The van der Waals surface area contributed by atoms with Gasteiger partial charge in [-0.3, -0.25) is 0 Å². The van der Waals surface area contributed by atoms with Gasteiger partial charge in [0.15, 0.2) is 0 Å². The first-order valence-electron chi connectivity index (χ1n) is 4.18. The SMILES string of the molecule is CC1OC(=O)c2c(C(=O)O)cccc21. The maximum absolute atomic E-state index is 11.3. The lowest BCUT2D eigenvalue weighted by molar-refractivity contribution is 0.0417. The Hall–Kier alpha value is -1.84. The number of ether oxygens (including phenoxy) is 1. The van der Waals surface area contributed by atoms with Crippen LogP contribution in [0.25, 0.3) is 0 Å². The number of carbonyl (C=O) groups is 2. The number of benzene rings is 1. The standard InChI is InChI=1S/C10H8O4/c1-5-6-3-2-4-7(9(11)12)8(6)10(13)14-5/h2-5H,1H3,(H,11,12).